The quantitative estimate of drug-likeness (QED) is 0.463. The first-order valence-corrected chi connectivity index (χ1v) is 6.82. The Morgan fingerprint density at radius 3 is 1.79 bits per heavy atom. The van der Waals surface area contributed by atoms with Crippen LogP contribution in [-0.2, 0) is 19.1 Å². The Morgan fingerprint density at radius 1 is 1.11 bits per heavy atom. The van der Waals surface area contributed by atoms with Crippen LogP contribution in [0, 0.1) is 10.8 Å². The first-order valence-electron chi connectivity index (χ1n) is 6.31. The molecular formula is C14H24O4S. The molecule has 0 rings (SSSR count). The first kappa shape index (κ1) is 18.2. The van der Waals surface area contributed by atoms with E-state index in [0.717, 1.165) is 0 Å². The average Bonchev–Trinajstić information content (AvgIpc) is 2.20. The monoisotopic (exact) mass is 288 g/mol. The molecule has 0 aliphatic heterocycles. The zero-order valence-corrected chi connectivity index (χ0v) is 13.5. The maximum absolute atomic E-state index is 11.9. The van der Waals surface area contributed by atoms with Gasteiger partial charge in [0.2, 0.25) is 0 Å². The fraction of sp³-hybridized carbons (Fsp3) is 0.786. The lowest BCUT2D eigenvalue weighted by Gasteiger charge is -2.30. The van der Waals surface area contributed by atoms with Crippen LogP contribution in [0.2, 0.25) is 0 Å². The highest BCUT2D eigenvalue weighted by atomic mass is 32.1. The minimum absolute atomic E-state index is 0.138. The maximum Gasteiger partial charge on any atom is 0.311 e. The highest BCUT2D eigenvalue weighted by Gasteiger charge is 2.43. The number of ketones is 2. The number of hydrogen-bond acceptors (Lipinski definition) is 5. The third-order valence-electron chi connectivity index (χ3n) is 3.05. The fourth-order valence-corrected chi connectivity index (χ4v) is 2.02. The lowest BCUT2D eigenvalue weighted by molar-refractivity contribution is -0.160. The molecule has 0 aliphatic rings. The van der Waals surface area contributed by atoms with Crippen molar-refractivity contribution in [2.45, 2.75) is 53.2 Å². The molecule has 0 saturated carbocycles. The third kappa shape index (κ3) is 4.97. The summed E-state index contributed by atoms with van der Waals surface area (Å²) in [5.74, 6) is -1.00. The predicted octanol–water partition coefficient (Wildman–Crippen LogP) is 2.45. The van der Waals surface area contributed by atoms with Gasteiger partial charge in [0.15, 0.2) is 0 Å². The van der Waals surface area contributed by atoms with Crippen molar-refractivity contribution in [1.82, 2.24) is 0 Å². The van der Waals surface area contributed by atoms with Crippen LogP contribution in [-0.4, -0.2) is 29.4 Å². The zero-order valence-electron chi connectivity index (χ0n) is 12.6. The molecule has 0 aromatic rings. The van der Waals surface area contributed by atoms with E-state index >= 15 is 0 Å². The van der Waals surface area contributed by atoms with E-state index in [9.17, 15) is 14.4 Å². The van der Waals surface area contributed by atoms with Crippen LogP contribution in [0.25, 0.3) is 0 Å². The summed E-state index contributed by atoms with van der Waals surface area (Å²) >= 11 is 4.24. The van der Waals surface area contributed by atoms with Crippen LogP contribution >= 0.6 is 12.6 Å². The smallest absolute Gasteiger partial charge is 0.311 e. The van der Waals surface area contributed by atoms with Gasteiger partial charge in [0.05, 0.1) is 5.41 Å². The van der Waals surface area contributed by atoms with E-state index in [2.05, 4.69) is 12.6 Å². The molecule has 0 saturated heterocycles. The highest BCUT2D eigenvalue weighted by Crippen LogP contribution is 2.30. The number of carbonyl (C=O) groups is 3. The van der Waals surface area contributed by atoms with Gasteiger partial charge in [0.1, 0.15) is 23.6 Å². The zero-order chi connectivity index (χ0) is 15.4. The molecule has 0 radical (unpaired) electrons. The SMILES string of the molecule is CC(=O)C(COC(=O)C(C)(C)C)(CC(C)S)C(C)=O. The van der Waals surface area contributed by atoms with E-state index in [1.54, 1.807) is 27.7 Å². The molecule has 0 aliphatic carbocycles. The van der Waals surface area contributed by atoms with E-state index in [1.807, 2.05) is 0 Å². The molecule has 5 heteroatoms. The maximum atomic E-state index is 11.9. The largest absolute Gasteiger partial charge is 0.464 e. The van der Waals surface area contributed by atoms with E-state index in [0.29, 0.717) is 0 Å². The van der Waals surface area contributed by atoms with Gasteiger partial charge in [-0.3, -0.25) is 14.4 Å². The van der Waals surface area contributed by atoms with Gasteiger partial charge >= 0.3 is 5.97 Å². The number of ether oxygens (including phenoxy) is 1. The van der Waals surface area contributed by atoms with Crippen molar-refractivity contribution in [1.29, 1.82) is 0 Å². The minimum atomic E-state index is -1.28. The lowest BCUT2D eigenvalue weighted by atomic mass is 9.77. The van der Waals surface area contributed by atoms with Crippen molar-refractivity contribution in [3.63, 3.8) is 0 Å². The summed E-state index contributed by atoms with van der Waals surface area (Å²) in [6.07, 6.45) is 0.262. The van der Waals surface area contributed by atoms with Crippen molar-refractivity contribution in [3.8, 4) is 0 Å². The van der Waals surface area contributed by atoms with Gasteiger partial charge in [0, 0.05) is 5.25 Å². The van der Waals surface area contributed by atoms with Gasteiger partial charge in [0.25, 0.3) is 0 Å². The molecule has 1 atom stereocenters. The van der Waals surface area contributed by atoms with Crippen molar-refractivity contribution < 1.29 is 19.1 Å². The van der Waals surface area contributed by atoms with E-state index in [-0.39, 0.29) is 29.8 Å². The molecule has 19 heavy (non-hydrogen) atoms. The van der Waals surface area contributed by atoms with Crippen LogP contribution in [0.1, 0.15) is 48.0 Å². The second-order valence-corrected chi connectivity index (χ2v) is 6.96. The molecule has 0 aromatic heterocycles. The van der Waals surface area contributed by atoms with E-state index < -0.39 is 16.8 Å². The van der Waals surface area contributed by atoms with Crippen molar-refractivity contribution >= 4 is 30.2 Å². The normalized spacial score (nSPS) is 13.8. The highest BCUT2D eigenvalue weighted by molar-refractivity contribution is 7.80. The summed E-state index contributed by atoms with van der Waals surface area (Å²) in [4.78, 5) is 35.5. The molecular weight excluding hydrogens is 264 g/mol. The first-order chi connectivity index (χ1) is 8.43. The molecule has 4 nitrogen and oxygen atoms in total. The molecule has 0 fully saturated rings. The Balaban J connectivity index is 5.12. The summed E-state index contributed by atoms with van der Waals surface area (Å²) in [5.41, 5.74) is -1.94. The summed E-state index contributed by atoms with van der Waals surface area (Å²) in [6, 6.07) is 0. The summed E-state index contributed by atoms with van der Waals surface area (Å²) in [7, 11) is 0. The van der Waals surface area contributed by atoms with Gasteiger partial charge in [-0.15, -0.1) is 0 Å². The number of thiol groups is 1. The molecule has 0 N–H and O–H groups in total. The fourth-order valence-electron chi connectivity index (χ4n) is 1.71. The lowest BCUT2D eigenvalue weighted by Crippen LogP contribution is -2.44. The van der Waals surface area contributed by atoms with E-state index in [1.165, 1.54) is 13.8 Å². The standard InChI is InChI=1S/C14H24O4S/c1-9(19)7-14(10(2)15,11(3)16)8-18-12(17)13(4,5)6/h9,19H,7-8H2,1-6H3. The number of carbonyl (C=O) groups excluding carboxylic acids is 3. The van der Waals surface area contributed by atoms with Crippen LogP contribution in [0.15, 0.2) is 0 Å². The Kier molecular flexibility index (Phi) is 6.26. The van der Waals surface area contributed by atoms with Gasteiger partial charge in [-0.25, -0.2) is 0 Å². The number of hydrogen-bond donors (Lipinski definition) is 1. The second kappa shape index (κ2) is 6.55. The van der Waals surface area contributed by atoms with Crippen LogP contribution in [0.5, 0.6) is 0 Å². The van der Waals surface area contributed by atoms with Crippen LogP contribution in [0.4, 0.5) is 0 Å². The summed E-state index contributed by atoms with van der Waals surface area (Å²) < 4.78 is 5.18. The Hall–Kier alpha value is -0.840. The Labute approximate surface area is 120 Å². The van der Waals surface area contributed by atoms with Crippen molar-refractivity contribution in [2.75, 3.05) is 6.61 Å². The van der Waals surface area contributed by atoms with E-state index in [4.69, 9.17) is 4.74 Å². The van der Waals surface area contributed by atoms with Crippen molar-refractivity contribution in [3.05, 3.63) is 0 Å². The Bertz CT molecular complexity index is 352. The second-order valence-electron chi connectivity index (χ2n) is 6.07. The Morgan fingerprint density at radius 2 is 1.53 bits per heavy atom. The molecule has 0 heterocycles. The summed E-state index contributed by atoms with van der Waals surface area (Å²) in [6.45, 7) is 9.46. The molecule has 0 spiro atoms. The molecule has 110 valence electrons. The van der Waals surface area contributed by atoms with Gasteiger partial charge < -0.3 is 4.74 Å². The molecule has 0 amide bonds. The molecule has 1 unspecified atom stereocenters. The van der Waals surface area contributed by atoms with Gasteiger partial charge in [-0.05, 0) is 41.0 Å². The van der Waals surface area contributed by atoms with Crippen LogP contribution in [0.3, 0.4) is 0 Å². The minimum Gasteiger partial charge on any atom is -0.464 e. The molecule has 0 bridgehead atoms. The number of Topliss-reactive ketones (excluding diaryl/α,β-unsaturated/α-hetero) is 2. The van der Waals surface area contributed by atoms with Crippen LogP contribution < -0.4 is 0 Å². The molecule has 0 aromatic carbocycles. The topological polar surface area (TPSA) is 60.4 Å². The average molecular weight is 288 g/mol. The summed E-state index contributed by atoms with van der Waals surface area (Å²) in [5, 5.41) is -0.138. The number of esters is 1. The third-order valence-corrected chi connectivity index (χ3v) is 3.24. The van der Waals surface area contributed by atoms with Gasteiger partial charge in [-0.2, -0.15) is 12.6 Å². The van der Waals surface area contributed by atoms with Crippen molar-refractivity contribution in [2.24, 2.45) is 10.8 Å². The van der Waals surface area contributed by atoms with Gasteiger partial charge in [-0.1, -0.05) is 6.92 Å². The number of rotatable bonds is 6. The predicted molar refractivity (Wildman–Crippen MR) is 77.3 cm³/mol.